The summed E-state index contributed by atoms with van der Waals surface area (Å²) in [6, 6.07) is 0. The quantitative estimate of drug-likeness (QED) is 0.469. The summed E-state index contributed by atoms with van der Waals surface area (Å²) in [5.74, 6) is 0. The smallest absolute Gasteiger partial charge is 0.293 e. The molecule has 0 heterocycles. The van der Waals surface area contributed by atoms with E-state index in [0.29, 0.717) is 13.1 Å². The zero-order valence-electron chi connectivity index (χ0n) is 10.4. The van der Waals surface area contributed by atoms with E-state index in [1.165, 1.54) is 12.8 Å². The second kappa shape index (κ2) is 29.4. The second-order valence-electron chi connectivity index (χ2n) is 2.23. The van der Waals surface area contributed by atoms with Gasteiger partial charge in [0.25, 0.3) is 17.0 Å². The van der Waals surface area contributed by atoms with E-state index in [-0.39, 0.29) is 0 Å². The van der Waals surface area contributed by atoms with Crippen molar-refractivity contribution in [3.63, 3.8) is 0 Å². The van der Waals surface area contributed by atoms with Crippen molar-refractivity contribution >= 4 is 42.2 Å². The van der Waals surface area contributed by atoms with Gasteiger partial charge in [-0.05, 0) is 6.92 Å². The molecular formula is C9H22N2O4S2. The molecule has 0 aliphatic heterocycles. The molecule has 17 heavy (non-hydrogen) atoms. The summed E-state index contributed by atoms with van der Waals surface area (Å²) >= 11 is 6.21. The third kappa shape index (κ3) is 583. The number of thiol groups is 2. The van der Waals surface area contributed by atoms with E-state index in [1.807, 2.05) is 0 Å². The molecule has 0 saturated carbocycles. The third-order valence-electron chi connectivity index (χ3n) is 0.735. The zero-order chi connectivity index (χ0) is 14.7. The maximum atomic E-state index is 9.18. The Bertz CT molecular complexity index is 158. The van der Waals surface area contributed by atoms with Crippen LogP contribution in [0.25, 0.3) is 0 Å². The van der Waals surface area contributed by atoms with Crippen LogP contribution in [0.5, 0.6) is 0 Å². The Hall–Kier alpha value is -0.890. The molecule has 0 spiro atoms. The van der Waals surface area contributed by atoms with Crippen LogP contribution in [-0.2, 0) is 9.53 Å². The molecule has 0 rings (SSSR count). The van der Waals surface area contributed by atoms with Gasteiger partial charge < -0.3 is 16.2 Å². The number of ether oxygens (including phenoxy) is 1. The normalized spacial score (nSPS) is 6.65. The van der Waals surface area contributed by atoms with Crippen LogP contribution in [0, 0.1) is 0 Å². The Balaban J connectivity index is -0.0000000667. The number of carbonyl (C=O) groups excluding carboxylic acids is 3. The van der Waals surface area contributed by atoms with Crippen molar-refractivity contribution in [1.29, 1.82) is 0 Å². The number of nitrogens with two attached hydrogens (primary N) is 2. The molecule has 0 aromatic carbocycles. The lowest BCUT2D eigenvalue weighted by Crippen LogP contribution is -1.95. The molecule has 0 bridgehead atoms. The van der Waals surface area contributed by atoms with Crippen LogP contribution in [0.3, 0.4) is 0 Å². The predicted molar refractivity (Wildman–Crippen MR) is 75.4 cm³/mol. The minimum Gasteiger partial charge on any atom is -0.468 e. The summed E-state index contributed by atoms with van der Waals surface area (Å²) < 4.78 is 4.15. The predicted octanol–water partition coefficient (Wildman–Crippen LogP) is 1.98. The molecule has 0 aliphatic carbocycles. The van der Waals surface area contributed by atoms with Crippen LogP contribution < -0.4 is 11.5 Å². The molecule has 0 unspecified atom stereocenters. The topological polar surface area (TPSA) is 112 Å². The van der Waals surface area contributed by atoms with Gasteiger partial charge >= 0.3 is 0 Å². The van der Waals surface area contributed by atoms with Crippen LogP contribution in [0.4, 0.5) is 9.59 Å². The first-order chi connectivity index (χ1) is 7.79. The molecule has 0 atom stereocenters. The fraction of sp³-hybridized carbons (Fsp3) is 0.667. The highest BCUT2D eigenvalue weighted by molar-refractivity contribution is 7.96. The lowest BCUT2D eigenvalue weighted by Gasteiger charge is -1.79. The van der Waals surface area contributed by atoms with E-state index in [2.05, 4.69) is 55.3 Å². The van der Waals surface area contributed by atoms with Gasteiger partial charge in [-0.15, -0.1) is 0 Å². The van der Waals surface area contributed by atoms with Gasteiger partial charge in [0.1, 0.15) is 0 Å². The van der Waals surface area contributed by atoms with Gasteiger partial charge in [0.2, 0.25) is 0 Å². The molecule has 104 valence electrons. The van der Waals surface area contributed by atoms with Crippen LogP contribution in [-0.4, -0.2) is 23.6 Å². The lowest BCUT2D eigenvalue weighted by atomic mass is 10.4. The van der Waals surface area contributed by atoms with E-state index >= 15 is 0 Å². The maximum Gasteiger partial charge on any atom is 0.293 e. The van der Waals surface area contributed by atoms with Gasteiger partial charge in [-0.25, -0.2) is 0 Å². The highest BCUT2D eigenvalue weighted by Crippen LogP contribution is 1.76. The van der Waals surface area contributed by atoms with E-state index in [1.54, 1.807) is 6.92 Å². The first kappa shape index (κ1) is 25.1. The molecule has 6 nitrogen and oxygen atoms in total. The number of unbranched alkanes of at least 4 members (excludes halogenated alkanes) is 1. The van der Waals surface area contributed by atoms with Crippen molar-refractivity contribution in [3.8, 4) is 0 Å². The molecular weight excluding hydrogens is 264 g/mol. The second-order valence-corrected chi connectivity index (χ2v) is 3.11. The fourth-order valence-corrected chi connectivity index (χ4v) is 0.0680. The van der Waals surface area contributed by atoms with E-state index in [4.69, 9.17) is 9.59 Å². The molecule has 0 aromatic rings. The average Bonchev–Trinajstić information content (AvgIpc) is 2.18. The van der Waals surface area contributed by atoms with Gasteiger partial charge in [-0.3, -0.25) is 14.4 Å². The third-order valence-corrected chi connectivity index (χ3v) is 0.735. The van der Waals surface area contributed by atoms with Crippen molar-refractivity contribution in [2.24, 2.45) is 11.5 Å². The van der Waals surface area contributed by atoms with E-state index in [0.717, 1.165) is 0 Å². The molecule has 0 aromatic heterocycles. The lowest BCUT2D eigenvalue weighted by molar-refractivity contribution is -0.128. The minimum atomic E-state index is -0.639. The van der Waals surface area contributed by atoms with Crippen LogP contribution in [0.1, 0.15) is 33.6 Å². The SMILES string of the molecule is CCCC.CCOC=O.NC(=O)S.NC(=O)S. The van der Waals surface area contributed by atoms with Gasteiger partial charge in [-0.1, -0.05) is 51.9 Å². The first-order valence-electron chi connectivity index (χ1n) is 4.81. The number of amides is 2. The number of hydrogen-bond acceptors (Lipinski definition) is 4. The van der Waals surface area contributed by atoms with Crippen LogP contribution in [0.2, 0.25) is 0 Å². The highest BCUT2D eigenvalue weighted by Gasteiger charge is 1.63. The van der Waals surface area contributed by atoms with Crippen molar-refractivity contribution in [3.05, 3.63) is 0 Å². The van der Waals surface area contributed by atoms with E-state index in [9.17, 15) is 4.79 Å². The zero-order valence-corrected chi connectivity index (χ0v) is 12.2. The highest BCUT2D eigenvalue weighted by atomic mass is 32.1. The van der Waals surface area contributed by atoms with Crippen LogP contribution in [0.15, 0.2) is 0 Å². The van der Waals surface area contributed by atoms with Crippen molar-refractivity contribution < 1.29 is 19.1 Å². The van der Waals surface area contributed by atoms with E-state index < -0.39 is 10.5 Å². The molecule has 2 amide bonds. The Morgan fingerprint density at radius 3 is 1.29 bits per heavy atom. The summed E-state index contributed by atoms with van der Waals surface area (Å²) in [6.45, 7) is 7.03. The average molecular weight is 286 g/mol. The molecule has 0 fully saturated rings. The summed E-state index contributed by atoms with van der Waals surface area (Å²) in [7, 11) is 0. The molecule has 0 aliphatic rings. The standard InChI is InChI=1S/C4H10.C3H6O2.2CH3NOS/c1-3-4-2;1-2-5-3-4;2*2-1(3)4/h3-4H2,1-2H3;3H,2H2,1H3;2*(H3,2,3,4). The maximum absolute atomic E-state index is 9.18. The van der Waals surface area contributed by atoms with Gasteiger partial charge in [-0.2, -0.15) is 0 Å². The Morgan fingerprint density at radius 1 is 1.06 bits per heavy atom. The number of rotatable bonds is 3. The van der Waals surface area contributed by atoms with Gasteiger partial charge in [0.05, 0.1) is 6.61 Å². The Morgan fingerprint density at radius 2 is 1.29 bits per heavy atom. The molecule has 0 radical (unpaired) electrons. The summed E-state index contributed by atoms with van der Waals surface area (Å²) in [5.41, 5.74) is 8.67. The van der Waals surface area contributed by atoms with Gasteiger partial charge in [0, 0.05) is 0 Å². The van der Waals surface area contributed by atoms with Gasteiger partial charge in [0.15, 0.2) is 0 Å². The first-order valence-corrected chi connectivity index (χ1v) is 5.71. The van der Waals surface area contributed by atoms with Crippen molar-refractivity contribution in [2.45, 2.75) is 33.6 Å². The van der Waals surface area contributed by atoms with Crippen molar-refractivity contribution in [2.75, 3.05) is 6.61 Å². The number of carbonyl (C=O) groups is 3. The fourth-order valence-electron chi connectivity index (χ4n) is 0.0680. The summed E-state index contributed by atoms with van der Waals surface area (Å²) in [6.07, 6.45) is 2.64. The van der Waals surface area contributed by atoms with Crippen LogP contribution >= 0.6 is 25.3 Å². The van der Waals surface area contributed by atoms with Crippen molar-refractivity contribution in [1.82, 2.24) is 0 Å². The molecule has 4 N–H and O–H groups in total. The monoisotopic (exact) mass is 286 g/mol. The number of hydrogen-bond donors (Lipinski definition) is 4. The minimum absolute atomic E-state index is 0.431. The Kier molecular flexibility index (Phi) is 43.4. The summed E-state index contributed by atoms with van der Waals surface area (Å²) in [4.78, 5) is 27.4. The molecule has 0 saturated heterocycles. The summed E-state index contributed by atoms with van der Waals surface area (Å²) in [5, 5.41) is -1.28. The largest absolute Gasteiger partial charge is 0.468 e. The molecule has 8 heteroatoms. The Labute approximate surface area is 113 Å². The number of primary amides is 2.